The molecule has 0 saturated carbocycles. The van der Waals surface area contributed by atoms with E-state index in [4.69, 9.17) is 27.9 Å². The number of nitrogens with one attached hydrogen (secondary N) is 1. The number of ether oxygens (including phenoxy) is 1. The van der Waals surface area contributed by atoms with Gasteiger partial charge in [0.05, 0.1) is 12.2 Å². The van der Waals surface area contributed by atoms with Gasteiger partial charge in [0.1, 0.15) is 11.9 Å². The molecule has 1 heterocycles. The maximum Gasteiger partial charge on any atom is 0.143 e. The van der Waals surface area contributed by atoms with Gasteiger partial charge < -0.3 is 10.1 Å². The van der Waals surface area contributed by atoms with E-state index in [1.165, 1.54) is 0 Å². The van der Waals surface area contributed by atoms with Gasteiger partial charge in [0.2, 0.25) is 0 Å². The van der Waals surface area contributed by atoms with E-state index in [9.17, 15) is 0 Å². The normalized spacial score (nSPS) is 17.3. The van der Waals surface area contributed by atoms with Gasteiger partial charge in [-0.05, 0) is 36.4 Å². The van der Waals surface area contributed by atoms with Gasteiger partial charge in [-0.15, -0.1) is 0 Å². The van der Waals surface area contributed by atoms with Gasteiger partial charge in [-0.3, -0.25) is 0 Å². The van der Waals surface area contributed by atoms with E-state index in [1.807, 2.05) is 24.3 Å². The first-order valence-corrected chi connectivity index (χ1v) is 7.33. The molecule has 0 aromatic heterocycles. The largest absolute Gasteiger partial charge is 0.482 e. The van der Waals surface area contributed by atoms with Crippen molar-refractivity contribution in [3.05, 3.63) is 56.5 Å². The summed E-state index contributed by atoms with van der Waals surface area (Å²) in [7, 11) is 0. The molecule has 2 aromatic carbocycles. The summed E-state index contributed by atoms with van der Waals surface area (Å²) >= 11 is 15.7. The molecule has 0 aliphatic carbocycles. The monoisotopic (exact) mass is 357 g/mol. The maximum atomic E-state index is 6.21. The Balaban J connectivity index is 1.93. The second kappa shape index (κ2) is 5.23. The highest BCUT2D eigenvalue weighted by atomic mass is 79.9. The number of benzene rings is 2. The third-order valence-corrected chi connectivity index (χ3v) is 4.07. The lowest BCUT2D eigenvalue weighted by atomic mass is 10.1. The molecule has 19 heavy (non-hydrogen) atoms. The summed E-state index contributed by atoms with van der Waals surface area (Å²) < 4.78 is 7.00. The lowest BCUT2D eigenvalue weighted by Crippen LogP contribution is -2.23. The molecule has 1 atom stereocenters. The molecule has 2 nitrogen and oxygen atoms in total. The van der Waals surface area contributed by atoms with Crippen molar-refractivity contribution in [2.75, 3.05) is 11.9 Å². The second-order valence-corrected chi connectivity index (χ2v) is 6.05. The number of hydrogen-bond acceptors (Lipinski definition) is 2. The average Bonchev–Trinajstić information content (AvgIpc) is 2.41. The lowest BCUT2D eigenvalue weighted by Gasteiger charge is -2.28. The molecule has 0 saturated heterocycles. The van der Waals surface area contributed by atoms with Gasteiger partial charge in [0, 0.05) is 20.1 Å². The van der Waals surface area contributed by atoms with Crippen LogP contribution in [0, 0.1) is 0 Å². The Morgan fingerprint density at radius 1 is 1.16 bits per heavy atom. The molecule has 98 valence electrons. The fourth-order valence-corrected chi connectivity index (χ4v) is 2.86. The number of halogens is 3. The molecule has 0 fully saturated rings. The Morgan fingerprint density at radius 3 is 2.84 bits per heavy atom. The van der Waals surface area contributed by atoms with Crippen LogP contribution in [0.25, 0.3) is 0 Å². The molecule has 1 aliphatic heterocycles. The van der Waals surface area contributed by atoms with Crippen molar-refractivity contribution in [1.82, 2.24) is 0 Å². The highest BCUT2D eigenvalue weighted by molar-refractivity contribution is 9.10. The zero-order valence-electron chi connectivity index (χ0n) is 9.79. The van der Waals surface area contributed by atoms with E-state index >= 15 is 0 Å². The number of hydrogen-bond donors (Lipinski definition) is 1. The zero-order valence-corrected chi connectivity index (χ0v) is 12.9. The van der Waals surface area contributed by atoms with Crippen LogP contribution in [0.2, 0.25) is 10.0 Å². The van der Waals surface area contributed by atoms with Gasteiger partial charge in [0.15, 0.2) is 0 Å². The Morgan fingerprint density at radius 2 is 2.00 bits per heavy atom. The van der Waals surface area contributed by atoms with Gasteiger partial charge >= 0.3 is 0 Å². The van der Waals surface area contributed by atoms with Gasteiger partial charge in [0.25, 0.3) is 0 Å². The smallest absolute Gasteiger partial charge is 0.143 e. The summed E-state index contributed by atoms with van der Waals surface area (Å²) in [5, 5.41) is 4.66. The SMILES string of the molecule is Clc1ccc(Cl)c(C2CNc3cc(Br)ccc3O2)c1. The van der Waals surface area contributed by atoms with Crippen molar-refractivity contribution in [2.45, 2.75) is 6.10 Å². The van der Waals surface area contributed by atoms with Crippen LogP contribution in [-0.4, -0.2) is 6.54 Å². The minimum absolute atomic E-state index is 0.139. The summed E-state index contributed by atoms with van der Waals surface area (Å²) in [4.78, 5) is 0. The first-order valence-electron chi connectivity index (χ1n) is 5.78. The second-order valence-electron chi connectivity index (χ2n) is 4.29. The van der Waals surface area contributed by atoms with E-state index in [1.54, 1.807) is 12.1 Å². The minimum atomic E-state index is -0.139. The lowest BCUT2D eigenvalue weighted by molar-refractivity contribution is 0.210. The van der Waals surface area contributed by atoms with E-state index < -0.39 is 0 Å². The van der Waals surface area contributed by atoms with Crippen LogP contribution >= 0.6 is 39.1 Å². The number of anilines is 1. The molecule has 2 aromatic rings. The van der Waals surface area contributed by atoms with Gasteiger partial charge in [-0.25, -0.2) is 0 Å². The Hall–Kier alpha value is -0.900. The number of fused-ring (bicyclic) bond motifs is 1. The predicted octanol–water partition coefficient (Wildman–Crippen LogP) is 5.30. The molecule has 0 radical (unpaired) electrons. The molecule has 1 N–H and O–H groups in total. The third kappa shape index (κ3) is 2.69. The first-order chi connectivity index (χ1) is 9.13. The van der Waals surface area contributed by atoms with E-state index in [-0.39, 0.29) is 6.10 Å². The maximum absolute atomic E-state index is 6.21. The Labute approximate surface area is 129 Å². The Bertz CT molecular complexity index is 633. The highest BCUT2D eigenvalue weighted by Gasteiger charge is 2.23. The quantitative estimate of drug-likeness (QED) is 0.746. The molecule has 1 unspecified atom stereocenters. The Kier molecular flexibility index (Phi) is 3.61. The van der Waals surface area contributed by atoms with Crippen LogP contribution < -0.4 is 10.1 Å². The fourth-order valence-electron chi connectivity index (χ4n) is 2.08. The molecule has 3 rings (SSSR count). The summed E-state index contributed by atoms with van der Waals surface area (Å²) in [6, 6.07) is 11.3. The number of rotatable bonds is 1. The molecule has 0 bridgehead atoms. The van der Waals surface area contributed by atoms with Crippen molar-refractivity contribution in [3.8, 4) is 5.75 Å². The molecule has 1 aliphatic rings. The molecular formula is C14H10BrCl2NO. The van der Waals surface area contributed by atoms with Crippen LogP contribution in [0.5, 0.6) is 5.75 Å². The molecule has 0 amide bonds. The summed E-state index contributed by atoms with van der Waals surface area (Å²) in [6.45, 7) is 0.656. The summed E-state index contributed by atoms with van der Waals surface area (Å²) in [6.07, 6.45) is -0.139. The molecule has 0 spiro atoms. The van der Waals surface area contributed by atoms with E-state index in [2.05, 4.69) is 21.2 Å². The third-order valence-electron chi connectivity index (χ3n) is 2.99. The van der Waals surface area contributed by atoms with Crippen LogP contribution in [0.1, 0.15) is 11.7 Å². The van der Waals surface area contributed by atoms with Crippen molar-refractivity contribution in [1.29, 1.82) is 0 Å². The van der Waals surface area contributed by atoms with Crippen molar-refractivity contribution >= 4 is 44.8 Å². The summed E-state index contributed by atoms with van der Waals surface area (Å²) in [5.74, 6) is 0.815. The van der Waals surface area contributed by atoms with Crippen molar-refractivity contribution in [2.24, 2.45) is 0 Å². The first kappa shape index (κ1) is 13.1. The van der Waals surface area contributed by atoms with Gasteiger partial charge in [-0.1, -0.05) is 39.1 Å². The van der Waals surface area contributed by atoms with Crippen LogP contribution in [0.15, 0.2) is 40.9 Å². The van der Waals surface area contributed by atoms with Crippen LogP contribution in [0.3, 0.4) is 0 Å². The minimum Gasteiger partial charge on any atom is -0.482 e. The van der Waals surface area contributed by atoms with Crippen LogP contribution in [0.4, 0.5) is 5.69 Å². The molecule has 5 heteroatoms. The van der Waals surface area contributed by atoms with Gasteiger partial charge in [-0.2, -0.15) is 0 Å². The standard InChI is InChI=1S/C14H10BrCl2NO/c15-8-1-4-13-12(5-8)18-7-14(19-13)10-6-9(16)2-3-11(10)17/h1-6,14,18H,7H2. The van der Waals surface area contributed by atoms with Crippen molar-refractivity contribution < 1.29 is 4.74 Å². The van der Waals surface area contributed by atoms with E-state index in [0.717, 1.165) is 21.5 Å². The summed E-state index contributed by atoms with van der Waals surface area (Å²) in [5.41, 5.74) is 1.87. The fraction of sp³-hybridized carbons (Fsp3) is 0.143. The van der Waals surface area contributed by atoms with Crippen molar-refractivity contribution in [3.63, 3.8) is 0 Å². The predicted molar refractivity (Wildman–Crippen MR) is 82.5 cm³/mol. The molecular weight excluding hydrogens is 349 g/mol. The van der Waals surface area contributed by atoms with E-state index in [0.29, 0.717) is 16.6 Å². The topological polar surface area (TPSA) is 21.3 Å². The zero-order chi connectivity index (χ0) is 13.4. The van der Waals surface area contributed by atoms with Crippen LogP contribution in [-0.2, 0) is 0 Å². The highest BCUT2D eigenvalue weighted by Crippen LogP contribution is 2.38. The average molecular weight is 359 g/mol.